The number of likely N-dealkylation sites (tertiary alicyclic amines) is 1. The summed E-state index contributed by atoms with van der Waals surface area (Å²) in [5, 5.41) is 9.83. The average Bonchev–Trinajstić information content (AvgIpc) is 2.47. The van der Waals surface area contributed by atoms with Crippen molar-refractivity contribution in [3.8, 4) is 0 Å². The maximum absolute atomic E-state index is 9.83. The molecule has 2 saturated heterocycles. The van der Waals surface area contributed by atoms with Gasteiger partial charge in [0.15, 0.2) is 0 Å². The Balaban J connectivity index is 1.75. The maximum atomic E-state index is 9.83. The fourth-order valence-corrected chi connectivity index (χ4v) is 2.49. The molecule has 3 heteroatoms. The number of rotatable bonds is 2. The van der Waals surface area contributed by atoms with E-state index < -0.39 is 5.60 Å². The summed E-state index contributed by atoms with van der Waals surface area (Å²) in [5.74, 6) is 0.789. The fourth-order valence-electron chi connectivity index (χ4n) is 2.49. The lowest BCUT2D eigenvalue weighted by Gasteiger charge is -2.27. The van der Waals surface area contributed by atoms with Crippen molar-refractivity contribution >= 4 is 0 Å². The Labute approximate surface area is 86.0 Å². The minimum Gasteiger partial charge on any atom is -0.389 e. The van der Waals surface area contributed by atoms with Crippen LogP contribution in [0.3, 0.4) is 0 Å². The van der Waals surface area contributed by atoms with Crippen LogP contribution in [0.15, 0.2) is 0 Å². The van der Waals surface area contributed by atoms with Gasteiger partial charge in [-0.05, 0) is 32.1 Å². The Morgan fingerprint density at radius 3 is 2.71 bits per heavy atom. The summed E-state index contributed by atoms with van der Waals surface area (Å²) in [5.41, 5.74) is -0.439. The number of hydrogen-bond acceptors (Lipinski definition) is 3. The third kappa shape index (κ3) is 2.69. The highest BCUT2D eigenvalue weighted by atomic mass is 16.5. The van der Waals surface area contributed by atoms with Crippen molar-refractivity contribution in [2.75, 3.05) is 32.8 Å². The van der Waals surface area contributed by atoms with Crippen molar-refractivity contribution in [2.24, 2.45) is 5.92 Å². The summed E-state index contributed by atoms with van der Waals surface area (Å²) in [7, 11) is 0. The van der Waals surface area contributed by atoms with Gasteiger partial charge < -0.3 is 14.7 Å². The lowest BCUT2D eigenvalue weighted by molar-refractivity contribution is 0.0437. The van der Waals surface area contributed by atoms with Crippen LogP contribution in [0.4, 0.5) is 0 Å². The second kappa shape index (κ2) is 4.17. The quantitative estimate of drug-likeness (QED) is 0.716. The van der Waals surface area contributed by atoms with Gasteiger partial charge in [-0.15, -0.1) is 0 Å². The molecule has 2 fully saturated rings. The molecule has 2 heterocycles. The molecule has 2 rings (SSSR count). The molecule has 0 aromatic heterocycles. The van der Waals surface area contributed by atoms with Crippen LogP contribution < -0.4 is 0 Å². The van der Waals surface area contributed by atoms with E-state index >= 15 is 0 Å². The minimum absolute atomic E-state index is 0.439. The maximum Gasteiger partial charge on any atom is 0.0758 e. The monoisotopic (exact) mass is 199 g/mol. The topological polar surface area (TPSA) is 32.7 Å². The zero-order valence-electron chi connectivity index (χ0n) is 9.04. The molecule has 82 valence electrons. The van der Waals surface area contributed by atoms with Crippen LogP contribution in [0, 0.1) is 5.92 Å². The van der Waals surface area contributed by atoms with Crippen molar-refractivity contribution in [3.63, 3.8) is 0 Å². The van der Waals surface area contributed by atoms with E-state index in [0.29, 0.717) is 0 Å². The molecule has 0 spiro atoms. The van der Waals surface area contributed by atoms with Gasteiger partial charge in [0, 0.05) is 32.8 Å². The minimum atomic E-state index is -0.439. The fraction of sp³-hybridized carbons (Fsp3) is 1.00. The number of ether oxygens (including phenoxy) is 1. The summed E-state index contributed by atoms with van der Waals surface area (Å²) in [6.45, 7) is 6.86. The molecule has 0 saturated carbocycles. The molecule has 0 aliphatic carbocycles. The third-order valence-corrected chi connectivity index (χ3v) is 3.39. The smallest absolute Gasteiger partial charge is 0.0758 e. The first kappa shape index (κ1) is 10.4. The highest BCUT2D eigenvalue weighted by Gasteiger charge is 2.32. The van der Waals surface area contributed by atoms with Crippen molar-refractivity contribution in [1.29, 1.82) is 0 Å². The molecule has 1 atom stereocenters. The van der Waals surface area contributed by atoms with Crippen molar-refractivity contribution in [1.82, 2.24) is 4.90 Å². The van der Waals surface area contributed by atoms with Crippen LogP contribution >= 0.6 is 0 Å². The summed E-state index contributed by atoms with van der Waals surface area (Å²) < 4.78 is 5.34. The van der Waals surface area contributed by atoms with Gasteiger partial charge in [0.05, 0.1) is 5.60 Å². The molecule has 0 aromatic rings. The van der Waals surface area contributed by atoms with E-state index in [-0.39, 0.29) is 0 Å². The Kier molecular flexibility index (Phi) is 3.10. The predicted molar refractivity (Wildman–Crippen MR) is 55.2 cm³/mol. The van der Waals surface area contributed by atoms with Crippen LogP contribution in [0.2, 0.25) is 0 Å². The number of β-amino-alcohol motifs (C(OH)–C–C–N with tert-alkyl or cyclic N) is 1. The molecule has 2 aliphatic heterocycles. The standard InChI is InChI=1S/C11H21NO2/c1-11(13)4-5-12(9-11)8-10-2-6-14-7-3-10/h10,13H,2-9H2,1H3. The van der Waals surface area contributed by atoms with Gasteiger partial charge in [-0.25, -0.2) is 0 Å². The number of nitrogens with zero attached hydrogens (tertiary/aromatic N) is 1. The number of hydrogen-bond donors (Lipinski definition) is 1. The molecule has 0 radical (unpaired) electrons. The molecular weight excluding hydrogens is 178 g/mol. The Bertz CT molecular complexity index is 188. The Hall–Kier alpha value is -0.120. The Morgan fingerprint density at radius 1 is 1.43 bits per heavy atom. The van der Waals surface area contributed by atoms with E-state index in [2.05, 4.69) is 4.90 Å². The van der Waals surface area contributed by atoms with Gasteiger partial charge in [-0.1, -0.05) is 0 Å². The first-order chi connectivity index (χ1) is 6.66. The second-order valence-electron chi connectivity index (χ2n) is 5.04. The van der Waals surface area contributed by atoms with Crippen molar-refractivity contribution < 1.29 is 9.84 Å². The SMILES string of the molecule is CC1(O)CCN(CC2CCOCC2)C1. The molecule has 2 aliphatic rings. The first-order valence-corrected chi connectivity index (χ1v) is 5.68. The molecule has 14 heavy (non-hydrogen) atoms. The molecule has 3 nitrogen and oxygen atoms in total. The third-order valence-electron chi connectivity index (χ3n) is 3.39. The van der Waals surface area contributed by atoms with Gasteiger partial charge in [-0.2, -0.15) is 0 Å². The molecule has 0 amide bonds. The van der Waals surface area contributed by atoms with E-state index in [1.54, 1.807) is 0 Å². The second-order valence-corrected chi connectivity index (χ2v) is 5.04. The lowest BCUT2D eigenvalue weighted by Crippen LogP contribution is -2.34. The van der Waals surface area contributed by atoms with Crippen LogP contribution in [0.5, 0.6) is 0 Å². The van der Waals surface area contributed by atoms with E-state index in [4.69, 9.17) is 4.74 Å². The molecule has 0 bridgehead atoms. The largest absolute Gasteiger partial charge is 0.389 e. The predicted octanol–water partition coefficient (Wildman–Crippen LogP) is 0.870. The highest BCUT2D eigenvalue weighted by molar-refractivity contribution is 4.86. The first-order valence-electron chi connectivity index (χ1n) is 5.68. The zero-order chi connectivity index (χ0) is 10.0. The van der Waals surface area contributed by atoms with Crippen molar-refractivity contribution in [3.05, 3.63) is 0 Å². The van der Waals surface area contributed by atoms with E-state index in [1.165, 1.54) is 12.8 Å². The van der Waals surface area contributed by atoms with Crippen LogP contribution in [0.25, 0.3) is 0 Å². The van der Waals surface area contributed by atoms with E-state index in [0.717, 1.165) is 45.2 Å². The van der Waals surface area contributed by atoms with Gasteiger partial charge in [0.2, 0.25) is 0 Å². The molecule has 0 aromatic carbocycles. The van der Waals surface area contributed by atoms with Gasteiger partial charge >= 0.3 is 0 Å². The zero-order valence-corrected chi connectivity index (χ0v) is 9.04. The van der Waals surface area contributed by atoms with E-state index in [9.17, 15) is 5.11 Å². The normalized spacial score (nSPS) is 36.4. The summed E-state index contributed by atoms with van der Waals surface area (Å²) >= 11 is 0. The number of aliphatic hydroxyl groups is 1. The van der Waals surface area contributed by atoms with Gasteiger partial charge in [0.25, 0.3) is 0 Å². The summed E-state index contributed by atoms with van der Waals surface area (Å²) in [6.07, 6.45) is 3.31. The highest BCUT2D eigenvalue weighted by Crippen LogP contribution is 2.23. The Morgan fingerprint density at radius 2 is 2.14 bits per heavy atom. The molecule has 1 unspecified atom stereocenters. The molecular formula is C11H21NO2. The van der Waals surface area contributed by atoms with Crippen molar-refractivity contribution in [2.45, 2.75) is 31.8 Å². The van der Waals surface area contributed by atoms with Crippen LogP contribution in [0.1, 0.15) is 26.2 Å². The molecule has 1 N–H and O–H groups in total. The lowest BCUT2D eigenvalue weighted by atomic mass is 10.00. The van der Waals surface area contributed by atoms with E-state index in [1.807, 2.05) is 6.92 Å². The van der Waals surface area contributed by atoms with Crippen LogP contribution in [-0.4, -0.2) is 48.5 Å². The van der Waals surface area contributed by atoms with Gasteiger partial charge in [0.1, 0.15) is 0 Å². The van der Waals surface area contributed by atoms with Crippen LogP contribution in [-0.2, 0) is 4.74 Å². The van der Waals surface area contributed by atoms with Gasteiger partial charge in [-0.3, -0.25) is 0 Å². The summed E-state index contributed by atoms with van der Waals surface area (Å²) in [4.78, 5) is 2.40. The summed E-state index contributed by atoms with van der Waals surface area (Å²) in [6, 6.07) is 0. The average molecular weight is 199 g/mol.